The van der Waals surface area contributed by atoms with Gasteiger partial charge in [-0.3, -0.25) is 9.13 Å². The number of nitrogens with zero attached hydrogens (tertiary/aromatic N) is 10. The average Bonchev–Trinajstić information content (AvgIpc) is 1.55. The Hall–Kier alpha value is -13.4. The Balaban J connectivity index is 0.783. The average molecular weight is 1280 g/mol. The van der Waals surface area contributed by atoms with Crippen LogP contribution in [0.1, 0.15) is 18.7 Å². The molecular formula is C90H54N10. The number of benzene rings is 13. The van der Waals surface area contributed by atoms with Crippen LogP contribution in [0.2, 0.25) is 0 Å². The molecule has 0 amide bonds. The smallest absolute Gasteiger partial charge is 0.238 e. The minimum absolute atomic E-state index is 0.535. The quantitative estimate of drug-likeness (QED) is 0.143. The summed E-state index contributed by atoms with van der Waals surface area (Å²) in [7, 11) is 0. The van der Waals surface area contributed by atoms with Crippen molar-refractivity contribution in [2.24, 2.45) is 0 Å². The molecule has 22 rings (SSSR count). The molecule has 10 heteroatoms. The Morgan fingerprint density at radius 3 is 0.870 bits per heavy atom. The first-order chi connectivity index (χ1) is 49.6. The normalized spacial score (nSPS) is 12.9. The van der Waals surface area contributed by atoms with Crippen LogP contribution in [0.4, 0.5) is 0 Å². The van der Waals surface area contributed by atoms with E-state index in [1.165, 1.54) is 76.2 Å². The van der Waals surface area contributed by atoms with Gasteiger partial charge >= 0.3 is 0 Å². The van der Waals surface area contributed by atoms with E-state index in [0.717, 1.165) is 112 Å². The Kier molecular flexibility index (Phi) is 11.5. The molecule has 0 saturated heterocycles. The predicted molar refractivity (Wildman–Crippen MR) is 410 cm³/mol. The van der Waals surface area contributed by atoms with E-state index in [9.17, 15) is 0 Å². The molecule has 21 aromatic rings. The molecule has 0 radical (unpaired) electrons. The van der Waals surface area contributed by atoms with E-state index in [-0.39, 0.29) is 0 Å². The second-order valence-corrected chi connectivity index (χ2v) is 26.5. The van der Waals surface area contributed by atoms with Crippen LogP contribution >= 0.6 is 0 Å². The van der Waals surface area contributed by atoms with Crippen molar-refractivity contribution in [3.63, 3.8) is 0 Å². The maximum absolute atomic E-state index is 5.42. The lowest BCUT2D eigenvalue weighted by molar-refractivity contribution is 0.913. The van der Waals surface area contributed by atoms with Crippen LogP contribution in [-0.2, 0) is 0 Å². The second-order valence-electron chi connectivity index (χ2n) is 26.5. The van der Waals surface area contributed by atoms with Gasteiger partial charge in [0, 0.05) is 81.3 Å². The molecule has 8 heterocycles. The van der Waals surface area contributed by atoms with Gasteiger partial charge in [-0.15, -0.1) is 0 Å². The van der Waals surface area contributed by atoms with Crippen LogP contribution < -0.4 is 0 Å². The third-order valence-electron chi connectivity index (χ3n) is 21.0. The molecule has 0 bridgehead atoms. The number of rotatable bonds is 9. The Morgan fingerprint density at radius 2 is 0.530 bits per heavy atom. The molecule has 8 aromatic heterocycles. The van der Waals surface area contributed by atoms with Gasteiger partial charge in [-0.05, 0) is 149 Å². The van der Waals surface area contributed by atoms with E-state index in [4.69, 9.17) is 29.9 Å². The summed E-state index contributed by atoms with van der Waals surface area (Å²) in [4.78, 5) is 31.9. The summed E-state index contributed by atoms with van der Waals surface area (Å²) < 4.78 is 9.38. The Bertz CT molecular complexity index is 6850. The van der Waals surface area contributed by atoms with Crippen LogP contribution in [-0.4, -0.2) is 47.8 Å². The molecule has 0 unspecified atom stereocenters. The fourth-order valence-electron chi connectivity index (χ4n) is 16.4. The monoisotopic (exact) mass is 1270 g/mol. The lowest BCUT2D eigenvalue weighted by Crippen LogP contribution is -2.08. The van der Waals surface area contributed by atoms with Gasteiger partial charge in [0.15, 0.2) is 23.3 Å². The molecule has 0 saturated carbocycles. The van der Waals surface area contributed by atoms with Crippen molar-refractivity contribution in [2.45, 2.75) is 12.8 Å². The summed E-state index contributed by atoms with van der Waals surface area (Å²) in [5.41, 5.74) is 21.8. The largest absolute Gasteiger partial charge is 0.308 e. The number of hydrogen-bond acceptors (Lipinski definition) is 6. The van der Waals surface area contributed by atoms with Crippen LogP contribution in [0.25, 0.3) is 205 Å². The third kappa shape index (κ3) is 8.07. The summed E-state index contributed by atoms with van der Waals surface area (Å²) in [6, 6.07) is 103. The lowest BCUT2D eigenvalue weighted by Gasteiger charge is -2.13. The summed E-state index contributed by atoms with van der Waals surface area (Å²) in [6.45, 7) is 0. The minimum Gasteiger partial charge on any atom is -0.308 e. The number of hydrogen-bond donors (Lipinski definition) is 0. The van der Waals surface area contributed by atoms with Gasteiger partial charge in [-0.1, -0.05) is 206 Å². The maximum atomic E-state index is 5.42. The van der Waals surface area contributed by atoms with Gasteiger partial charge in [-0.25, -0.2) is 9.97 Å². The maximum Gasteiger partial charge on any atom is 0.238 e. The highest BCUT2D eigenvalue weighted by molar-refractivity contribution is 6.26. The molecule has 0 atom stereocenters. The van der Waals surface area contributed by atoms with Crippen LogP contribution in [0.3, 0.4) is 0 Å². The SMILES string of the molecule is C1=CCCC(c2nc(-c3ccccc3)nc(-n3c4ccc(-c5ccc6c(c5)c5cc(-c7cc8c9ccccc9n9c%10ccccc%10c(c7)c89)ccc5n6-c5nc(-c6ccccc6)nc(-c6ccccc6)n5)cc4c4cc(-c5cc6c7ccccc7n7c8ccccc8c(c5)c67)ccc43)n2)=C1. The van der Waals surface area contributed by atoms with Gasteiger partial charge < -0.3 is 8.80 Å². The highest BCUT2D eigenvalue weighted by Crippen LogP contribution is 2.47. The van der Waals surface area contributed by atoms with Gasteiger partial charge in [0.1, 0.15) is 0 Å². The van der Waals surface area contributed by atoms with E-state index < -0.39 is 0 Å². The minimum atomic E-state index is 0.535. The van der Waals surface area contributed by atoms with Crippen molar-refractivity contribution in [1.29, 1.82) is 0 Å². The van der Waals surface area contributed by atoms with E-state index in [1.54, 1.807) is 0 Å². The van der Waals surface area contributed by atoms with Crippen LogP contribution in [0.15, 0.2) is 303 Å². The summed E-state index contributed by atoms with van der Waals surface area (Å²) in [5.74, 6) is 3.60. The van der Waals surface area contributed by atoms with Crippen molar-refractivity contribution in [1.82, 2.24) is 47.8 Å². The zero-order chi connectivity index (χ0) is 65.3. The first-order valence-electron chi connectivity index (χ1n) is 34.1. The fraction of sp³-hybridized carbons (Fsp3) is 0.0222. The number of aromatic nitrogens is 10. The van der Waals surface area contributed by atoms with Crippen LogP contribution in [0, 0.1) is 0 Å². The molecule has 1 aliphatic rings. The summed E-state index contributed by atoms with van der Waals surface area (Å²) in [5, 5.41) is 14.2. The number of allylic oxidation sites excluding steroid dienone is 4. The fourth-order valence-corrected chi connectivity index (χ4v) is 16.4. The lowest BCUT2D eigenvalue weighted by atomic mass is 9.96. The van der Waals surface area contributed by atoms with E-state index in [0.29, 0.717) is 35.2 Å². The van der Waals surface area contributed by atoms with Crippen molar-refractivity contribution in [2.75, 3.05) is 0 Å². The molecule has 0 aliphatic heterocycles. The van der Waals surface area contributed by atoms with Crippen molar-refractivity contribution >= 4 is 125 Å². The molecule has 0 N–H and O–H groups in total. The van der Waals surface area contributed by atoms with Crippen LogP contribution in [0.5, 0.6) is 0 Å². The first-order valence-corrected chi connectivity index (χ1v) is 34.1. The van der Waals surface area contributed by atoms with Gasteiger partial charge in [0.25, 0.3) is 0 Å². The van der Waals surface area contributed by atoms with E-state index in [1.807, 2.05) is 54.6 Å². The Morgan fingerprint density at radius 1 is 0.230 bits per heavy atom. The summed E-state index contributed by atoms with van der Waals surface area (Å²) in [6.07, 6.45) is 8.23. The molecule has 0 spiro atoms. The molecular weight excluding hydrogens is 1220 g/mol. The van der Waals surface area contributed by atoms with Gasteiger partial charge in [0.05, 0.1) is 55.2 Å². The third-order valence-corrected chi connectivity index (χ3v) is 21.0. The second kappa shape index (κ2) is 21.0. The highest BCUT2D eigenvalue weighted by Gasteiger charge is 2.26. The van der Waals surface area contributed by atoms with Crippen molar-refractivity contribution in [3.8, 4) is 79.4 Å². The first kappa shape index (κ1) is 54.8. The van der Waals surface area contributed by atoms with Crippen molar-refractivity contribution in [3.05, 3.63) is 309 Å². The standard InChI is InChI=1S/C90H54N10/c1-5-21-53(22-6-1)85-91-86(54-23-7-2-8-24-54)94-89(93-85)99-79-41-37-57(45-67(79)69-47-59(39-43-81(69)99)61-49-71-63-29-13-17-33-75(63)97-76-34-18-14-30-64(76)72(50-61)83(71)97)58-38-42-80-68(46-58)70-48-60(62-51-73-65-31-15-19-35-77(65)98-78-36-20-16-32-66(78)74(52-62)84(73)98)40-44-82(70)100(80)90-95-87(55-25-9-3-10-26-55)92-88(96-90)56-27-11-4-12-28-56/h1-11,13-27,29-52H,12,28H2. The zero-order valence-corrected chi connectivity index (χ0v) is 53.8. The molecule has 1 aliphatic carbocycles. The summed E-state index contributed by atoms with van der Waals surface area (Å²) >= 11 is 0. The number of fused-ring (bicyclic) bond motifs is 18. The molecule has 100 heavy (non-hydrogen) atoms. The van der Waals surface area contributed by atoms with Gasteiger partial charge in [-0.2, -0.15) is 19.9 Å². The predicted octanol–water partition coefficient (Wildman–Crippen LogP) is 22.3. The molecule has 0 fully saturated rings. The number of para-hydroxylation sites is 4. The van der Waals surface area contributed by atoms with Gasteiger partial charge in [0.2, 0.25) is 11.9 Å². The van der Waals surface area contributed by atoms with E-state index in [2.05, 4.69) is 267 Å². The molecule has 10 nitrogen and oxygen atoms in total. The van der Waals surface area contributed by atoms with Crippen molar-refractivity contribution < 1.29 is 0 Å². The highest BCUT2D eigenvalue weighted by atomic mass is 15.2. The Labute approximate surface area is 571 Å². The molecule has 464 valence electrons. The van der Waals surface area contributed by atoms with E-state index >= 15 is 0 Å². The molecule has 13 aromatic carbocycles. The topological polar surface area (TPSA) is 96.0 Å². The zero-order valence-electron chi connectivity index (χ0n) is 53.8.